The highest BCUT2D eigenvalue weighted by Crippen LogP contribution is 2.39. The summed E-state index contributed by atoms with van der Waals surface area (Å²) >= 11 is 0. The first-order chi connectivity index (χ1) is 24.8. The fourth-order valence-corrected chi connectivity index (χ4v) is 7.79. The van der Waals surface area contributed by atoms with Gasteiger partial charge in [-0.3, -0.25) is 0 Å². The fourth-order valence-electron chi connectivity index (χ4n) is 7.79. The molecule has 0 aliphatic heterocycles. The third kappa shape index (κ3) is 5.57. The number of rotatable bonds is 8. The van der Waals surface area contributed by atoms with Gasteiger partial charge in [-0.2, -0.15) is 0 Å². The lowest BCUT2D eigenvalue weighted by atomic mass is 9.82. The summed E-state index contributed by atoms with van der Waals surface area (Å²) in [6.45, 7) is 0. The molecular weight excluding hydrogens is 603 g/mol. The summed E-state index contributed by atoms with van der Waals surface area (Å²) in [5.41, 5.74) is 12.8. The van der Waals surface area contributed by atoms with Crippen molar-refractivity contribution in [2.24, 2.45) is 0 Å². The van der Waals surface area contributed by atoms with Gasteiger partial charge in [0, 0.05) is 22.4 Å². The van der Waals surface area contributed by atoms with Gasteiger partial charge < -0.3 is 4.57 Å². The number of nitrogens with zero attached hydrogens (tertiary/aromatic N) is 1. The molecule has 1 aromatic heterocycles. The van der Waals surface area contributed by atoms with E-state index in [4.69, 9.17) is 0 Å². The van der Waals surface area contributed by atoms with Gasteiger partial charge in [0.05, 0.1) is 11.0 Å². The first-order valence-corrected chi connectivity index (χ1v) is 17.6. The van der Waals surface area contributed by atoms with Crippen LogP contribution >= 0.6 is 0 Å². The smallest absolute Gasteiger partial charge is 0.0547 e. The third-order valence-corrected chi connectivity index (χ3v) is 10.3. The molecule has 0 aliphatic carbocycles. The van der Waals surface area contributed by atoms with Crippen LogP contribution in [0.2, 0.25) is 0 Å². The van der Waals surface area contributed by atoms with Crippen molar-refractivity contribution >= 4 is 32.6 Å². The van der Waals surface area contributed by atoms with E-state index in [1.165, 1.54) is 77.2 Å². The van der Waals surface area contributed by atoms with Crippen LogP contribution in [0.5, 0.6) is 0 Å². The maximum absolute atomic E-state index is 2.45. The van der Waals surface area contributed by atoms with E-state index in [0.717, 1.165) is 12.8 Å². The van der Waals surface area contributed by atoms with Crippen LogP contribution in [-0.4, -0.2) is 4.57 Å². The van der Waals surface area contributed by atoms with Crippen molar-refractivity contribution in [2.75, 3.05) is 0 Å². The van der Waals surface area contributed by atoms with Gasteiger partial charge in [-0.1, -0.05) is 164 Å². The second-order valence-corrected chi connectivity index (χ2v) is 13.3. The number of hydrogen-bond acceptors (Lipinski definition) is 0. The summed E-state index contributed by atoms with van der Waals surface area (Å²) in [6, 6.07) is 71.1. The molecule has 0 amide bonds. The zero-order valence-electron chi connectivity index (χ0n) is 27.9. The quantitative estimate of drug-likeness (QED) is 0.156. The van der Waals surface area contributed by atoms with Gasteiger partial charge >= 0.3 is 0 Å². The molecule has 8 aromatic carbocycles. The van der Waals surface area contributed by atoms with Crippen LogP contribution in [0.15, 0.2) is 194 Å². The molecule has 9 rings (SSSR count). The summed E-state index contributed by atoms with van der Waals surface area (Å²) in [6.07, 6.45) is 1.96. The molecule has 0 bridgehead atoms. The van der Waals surface area contributed by atoms with E-state index >= 15 is 0 Å². The highest BCUT2D eigenvalue weighted by molar-refractivity contribution is 6.13. The summed E-state index contributed by atoms with van der Waals surface area (Å²) in [4.78, 5) is 0. The summed E-state index contributed by atoms with van der Waals surface area (Å²) in [5.74, 6) is 0.234. The Morgan fingerprint density at radius 2 is 1.00 bits per heavy atom. The number of hydrogen-bond donors (Lipinski definition) is 0. The van der Waals surface area contributed by atoms with Crippen LogP contribution in [0.3, 0.4) is 0 Å². The number of aromatic nitrogens is 1. The van der Waals surface area contributed by atoms with E-state index in [9.17, 15) is 0 Å². The van der Waals surface area contributed by atoms with E-state index in [0.29, 0.717) is 0 Å². The van der Waals surface area contributed by atoms with Gasteiger partial charge in [0.1, 0.15) is 0 Å². The molecule has 0 fully saturated rings. The van der Waals surface area contributed by atoms with Crippen LogP contribution < -0.4 is 0 Å². The molecule has 1 nitrogen and oxygen atoms in total. The minimum Gasteiger partial charge on any atom is -0.309 e. The van der Waals surface area contributed by atoms with Crippen molar-refractivity contribution in [3.05, 3.63) is 211 Å². The summed E-state index contributed by atoms with van der Waals surface area (Å²) in [7, 11) is 0. The van der Waals surface area contributed by atoms with Gasteiger partial charge in [0.2, 0.25) is 0 Å². The zero-order valence-corrected chi connectivity index (χ0v) is 27.9. The maximum atomic E-state index is 2.45. The Labute approximate surface area is 293 Å². The molecule has 0 unspecified atom stereocenters. The molecule has 1 heterocycles. The minimum atomic E-state index is 0.234. The van der Waals surface area contributed by atoms with Crippen LogP contribution in [0.25, 0.3) is 60.5 Å². The van der Waals surface area contributed by atoms with Gasteiger partial charge in [0.25, 0.3) is 0 Å². The molecular formula is C49H37N. The van der Waals surface area contributed by atoms with Crippen molar-refractivity contribution in [1.29, 1.82) is 0 Å². The van der Waals surface area contributed by atoms with Crippen molar-refractivity contribution in [3.63, 3.8) is 0 Å². The topological polar surface area (TPSA) is 4.93 Å². The molecule has 1 atom stereocenters. The molecule has 0 aliphatic rings. The normalized spacial score (nSPS) is 12.1. The fraction of sp³-hybridized carbons (Fsp3) is 0.0612. The summed E-state index contributed by atoms with van der Waals surface area (Å²) in [5, 5.41) is 5.12. The maximum Gasteiger partial charge on any atom is 0.0547 e. The molecule has 0 saturated carbocycles. The predicted molar refractivity (Wildman–Crippen MR) is 212 cm³/mol. The zero-order chi connectivity index (χ0) is 33.3. The van der Waals surface area contributed by atoms with Crippen molar-refractivity contribution < 1.29 is 0 Å². The van der Waals surface area contributed by atoms with Crippen LogP contribution in [-0.2, 0) is 6.42 Å². The molecule has 0 radical (unpaired) electrons. The van der Waals surface area contributed by atoms with E-state index in [1.54, 1.807) is 0 Å². The average molecular weight is 640 g/mol. The van der Waals surface area contributed by atoms with Gasteiger partial charge in [-0.05, 0) is 92.9 Å². The number of para-hydroxylation sites is 1. The second kappa shape index (κ2) is 13.0. The highest BCUT2D eigenvalue weighted by atomic mass is 15.0. The van der Waals surface area contributed by atoms with Gasteiger partial charge in [-0.25, -0.2) is 0 Å². The Kier molecular flexibility index (Phi) is 7.80. The Hall–Kier alpha value is -6.18. The Morgan fingerprint density at radius 3 is 1.74 bits per heavy atom. The van der Waals surface area contributed by atoms with E-state index in [-0.39, 0.29) is 5.92 Å². The predicted octanol–water partition coefficient (Wildman–Crippen LogP) is 13.0. The Bertz CT molecular complexity index is 2560. The van der Waals surface area contributed by atoms with Crippen molar-refractivity contribution in [3.8, 4) is 27.9 Å². The standard InChI is InChI=1S/C49H37N/c1-4-14-36(15-5-1)37-26-28-39(29-27-37)44(45-23-13-12-22-43(45)38-16-6-2-7-17-38)30-24-35-25-31-46-47-33-40-18-10-11-19-41(40)34-49(47)50(48(46)32-35)42-20-8-3-9-21-42/h1-23,25-29,31-34,44H,24,30H2/t44-/m1/s1. The highest BCUT2D eigenvalue weighted by Gasteiger charge is 2.20. The molecule has 0 N–H and O–H groups in total. The minimum absolute atomic E-state index is 0.234. The Morgan fingerprint density at radius 1 is 0.420 bits per heavy atom. The van der Waals surface area contributed by atoms with E-state index < -0.39 is 0 Å². The molecule has 50 heavy (non-hydrogen) atoms. The SMILES string of the molecule is c1ccc(-c2ccc([C@@H](CCc3ccc4c5cc6ccccc6cc5n(-c5ccccc5)c4c3)c3ccccc3-c3ccccc3)cc2)cc1. The molecule has 238 valence electrons. The number of fused-ring (bicyclic) bond motifs is 4. The lowest BCUT2D eigenvalue weighted by Gasteiger charge is -2.22. The van der Waals surface area contributed by atoms with Crippen LogP contribution in [0.1, 0.15) is 29.0 Å². The van der Waals surface area contributed by atoms with Crippen LogP contribution in [0.4, 0.5) is 0 Å². The third-order valence-electron chi connectivity index (χ3n) is 10.3. The van der Waals surface area contributed by atoms with Gasteiger partial charge in [0.15, 0.2) is 0 Å². The van der Waals surface area contributed by atoms with Crippen molar-refractivity contribution in [2.45, 2.75) is 18.8 Å². The number of aryl methyl sites for hydroxylation is 1. The van der Waals surface area contributed by atoms with Crippen LogP contribution in [0, 0.1) is 0 Å². The van der Waals surface area contributed by atoms with E-state index in [2.05, 4.69) is 199 Å². The van der Waals surface area contributed by atoms with E-state index in [1.807, 2.05) is 0 Å². The summed E-state index contributed by atoms with van der Waals surface area (Å²) < 4.78 is 2.45. The molecule has 9 aromatic rings. The average Bonchev–Trinajstić information content (AvgIpc) is 3.50. The monoisotopic (exact) mass is 639 g/mol. The first-order valence-electron chi connectivity index (χ1n) is 17.6. The molecule has 1 heteroatoms. The molecule has 0 spiro atoms. The largest absolute Gasteiger partial charge is 0.309 e. The second-order valence-electron chi connectivity index (χ2n) is 13.3. The number of benzene rings is 8. The van der Waals surface area contributed by atoms with Gasteiger partial charge in [-0.15, -0.1) is 0 Å². The lowest BCUT2D eigenvalue weighted by molar-refractivity contribution is 0.717. The van der Waals surface area contributed by atoms with Crippen molar-refractivity contribution in [1.82, 2.24) is 4.57 Å². The Balaban J connectivity index is 1.14. The first kappa shape index (κ1) is 29.9. The molecule has 0 saturated heterocycles. The lowest BCUT2D eigenvalue weighted by Crippen LogP contribution is -2.05.